The van der Waals surface area contributed by atoms with Crippen LogP contribution in [0.25, 0.3) is 11.1 Å². The van der Waals surface area contributed by atoms with Gasteiger partial charge in [-0.25, -0.2) is 4.39 Å². The summed E-state index contributed by atoms with van der Waals surface area (Å²) in [4.78, 5) is 31.5. The molecule has 6 heteroatoms. The lowest BCUT2D eigenvalue weighted by Crippen LogP contribution is -2.42. The third-order valence-corrected chi connectivity index (χ3v) is 7.30. The number of aryl methyl sites for hydroxylation is 1. The molecule has 0 saturated heterocycles. The summed E-state index contributed by atoms with van der Waals surface area (Å²) in [5.41, 5.74) is 4.64. The van der Waals surface area contributed by atoms with Gasteiger partial charge in [0.1, 0.15) is 12.4 Å². The fraction of sp³-hybridized carbons (Fsp3) is 0.226. The lowest BCUT2D eigenvalue weighted by molar-refractivity contribution is -0.133. The van der Waals surface area contributed by atoms with Crippen molar-refractivity contribution in [2.24, 2.45) is 0 Å². The van der Waals surface area contributed by atoms with Crippen molar-refractivity contribution >= 4 is 23.2 Å². The van der Waals surface area contributed by atoms with E-state index in [1.807, 2.05) is 79.9 Å². The number of carbonyl (C=O) groups is 2. The van der Waals surface area contributed by atoms with Crippen molar-refractivity contribution in [2.75, 3.05) is 13.1 Å². The van der Waals surface area contributed by atoms with Gasteiger partial charge in [0.2, 0.25) is 5.91 Å². The molecule has 2 amide bonds. The molecule has 0 radical (unpaired) electrons. The number of amides is 2. The van der Waals surface area contributed by atoms with E-state index >= 15 is 0 Å². The van der Waals surface area contributed by atoms with Crippen LogP contribution in [0, 0.1) is 12.7 Å². The fourth-order valence-electron chi connectivity index (χ4n) is 4.19. The Labute approximate surface area is 222 Å². The van der Waals surface area contributed by atoms with E-state index in [2.05, 4.69) is 0 Å². The van der Waals surface area contributed by atoms with Crippen LogP contribution < -0.4 is 0 Å². The van der Waals surface area contributed by atoms with Crippen LogP contribution >= 0.6 is 11.3 Å². The van der Waals surface area contributed by atoms with E-state index in [9.17, 15) is 14.0 Å². The van der Waals surface area contributed by atoms with E-state index in [0.717, 1.165) is 33.6 Å². The minimum absolute atomic E-state index is 0.0152. The average molecular weight is 515 g/mol. The number of hydrogen-bond donors (Lipinski definition) is 0. The molecule has 190 valence electrons. The van der Waals surface area contributed by atoms with Gasteiger partial charge in [0.05, 0.1) is 6.54 Å². The van der Waals surface area contributed by atoms with Gasteiger partial charge in [-0.15, -0.1) is 11.3 Å². The number of halogens is 1. The van der Waals surface area contributed by atoms with E-state index in [4.69, 9.17) is 0 Å². The first-order chi connectivity index (χ1) is 17.9. The highest BCUT2D eigenvalue weighted by molar-refractivity contribution is 7.10. The quantitative estimate of drug-likeness (QED) is 0.230. The van der Waals surface area contributed by atoms with Crippen molar-refractivity contribution in [2.45, 2.75) is 33.4 Å². The van der Waals surface area contributed by atoms with Gasteiger partial charge >= 0.3 is 0 Å². The number of thiophene rings is 1. The number of carbonyl (C=O) groups excluding carboxylic acids is 2. The number of benzene rings is 3. The molecular weight excluding hydrogens is 483 g/mol. The number of rotatable bonds is 10. The van der Waals surface area contributed by atoms with E-state index < -0.39 is 0 Å². The Kier molecular flexibility index (Phi) is 8.86. The predicted molar refractivity (Wildman–Crippen MR) is 148 cm³/mol. The first-order valence-electron chi connectivity index (χ1n) is 12.4. The third kappa shape index (κ3) is 6.92. The first-order valence-corrected chi connectivity index (χ1v) is 13.3. The SMILES string of the molecule is CCCN(CC(=O)N(Cc1ccc(F)cc1)Cc1sccc1C)C(=O)c1ccc(-c2ccccc2)cc1. The highest BCUT2D eigenvalue weighted by Gasteiger charge is 2.23. The van der Waals surface area contributed by atoms with Crippen LogP contribution in [-0.4, -0.2) is 34.7 Å². The summed E-state index contributed by atoms with van der Waals surface area (Å²) >= 11 is 1.61. The molecule has 0 fully saturated rings. The summed E-state index contributed by atoms with van der Waals surface area (Å²) in [6.45, 7) is 5.27. The summed E-state index contributed by atoms with van der Waals surface area (Å²) in [6, 6.07) is 25.8. The molecule has 3 aromatic carbocycles. The number of hydrogen-bond acceptors (Lipinski definition) is 3. The maximum atomic E-state index is 13.6. The van der Waals surface area contributed by atoms with Crippen molar-refractivity contribution in [3.8, 4) is 11.1 Å². The van der Waals surface area contributed by atoms with Crippen LogP contribution in [0.15, 0.2) is 90.3 Å². The summed E-state index contributed by atoms with van der Waals surface area (Å²) in [6.07, 6.45) is 0.739. The normalized spacial score (nSPS) is 10.8. The second kappa shape index (κ2) is 12.5. The van der Waals surface area contributed by atoms with Crippen LogP contribution in [-0.2, 0) is 17.9 Å². The van der Waals surface area contributed by atoms with E-state index in [1.165, 1.54) is 12.1 Å². The van der Waals surface area contributed by atoms with Crippen molar-refractivity contribution in [1.82, 2.24) is 9.80 Å². The smallest absolute Gasteiger partial charge is 0.254 e. The van der Waals surface area contributed by atoms with Crippen LogP contribution in [0.1, 0.15) is 39.7 Å². The van der Waals surface area contributed by atoms with Gasteiger partial charge in [0.25, 0.3) is 5.91 Å². The number of nitrogens with zero attached hydrogens (tertiary/aromatic N) is 2. The molecule has 0 saturated carbocycles. The van der Waals surface area contributed by atoms with Gasteiger partial charge in [-0.2, -0.15) is 0 Å². The van der Waals surface area contributed by atoms with Crippen LogP contribution in [0.4, 0.5) is 4.39 Å². The zero-order chi connectivity index (χ0) is 26.2. The summed E-state index contributed by atoms with van der Waals surface area (Å²) in [5, 5.41) is 2.01. The molecule has 0 unspecified atom stereocenters. The molecule has 0 atom stereocenters. The average Bonchev–Trinajstić information content (AvgIpc) is 3.33. The largest absolute Gasteiger partial charge is 0.332 e. The van der Waals surface area contributed by atoms with Gasteiger partial charge < -0.3 is 9.80 Å². The lowest BCUT2D eigenvalue weighted by Gasteiger charge is -2.28. The van der Waals surface area contributed by atoms with Crippen LogP contribution in [0.3, 0.4) is 0 Å². The summed E-state index contributed by atoms with van der Waals surface area (Å²) < 4.78 is 13.4. The van der Waals surface area contributed by atoms with Crippen molar-refractivity contribution in [3.63, 3.8) is 0 Å². The van der Waals surface area contributed by atoms with E-state index in [-0.39, 0.29) is 24.2 Å². The highest BCUT2D eigenvalue weighted by Crippen LogP contribution is 2.22. The minimum Gasteiger partial charge on any atom is -0.332 e. The molecule has 4 aromatic rings. The first kappa shape index (κ1) is 26.3. The Morgan fingerprint density at radius 3 is 2.11 bits per heavy atom. The van der Waals surface area contributed by atoms with Gasteiger partial charge in [0.15, 0.2) is 0 Å². The molecule has 37 heavy (non-hydrogen) atoms. The topological polar surface area (TPSA) is 40.6 Å². The lowest BCUT2D eigenvalue weighted by atomic mass is 10.0. The van der Waals surface area contributed by atoms with E-state index in [1.54, 1.807) is 33.3 Å². The molecule has 0 aliphatic heterocycles. The van der Waals surface area contributed by atoms with E-state index in [0.29, 0.717) is 25.2 Å². The molecule has 0 aliphatic carbocycles. The van der Waals surface area contributed by atoms with Gasteiger partial charge in [-0.3, -0.25) is 9.59 Å². The zero-order valence-electron chi connectivity index (χ0n) is 21.2. The maximum Gasteiger partial charge on any atom is 0.254 e. The summed E-state index contributed by atoms with van der Waals surface area (Å²) in [7, 11) is 0. The van der Waals surface area contributed by atoms with Crippen molar-refractivity contribution in [1.29, 1.82) is 0 Å². The van der Waals surface area contributed by atoms with Gasteiger partial charge in [0, 0.05) is 23.5 Å². The second-order valence-corrected chi connectivity index (χ2v) is 10.1. The molecule has 1 aromatic heterocycles. The van der Waals surface area contributed by atoms with Crippen molar-refractivity contribution < 1.29 is 14.0 Å². The monoisotopic (exact) mass is 514 g/mol. The van der Waals surface area contributed by atoms with Gasteiger partial charge in [-0.1, -0.05) is 61.5 Å². The Hall–Kier alpha value is -3.77. The molecule has 0 spiro atoms. The maximum absolute atomic E-state index is 13.6. The molecule has 0 bridgehead atoms. The molecule has 0 N–H and O–H groups in total. The minimum atomic E-state index is -0.311. The highest BCUT2D eigenvalue weighted by atomic mass is 32.1. The third-order valence-electron chi connectivity index (χ3n) is 6.29. The predicted octanol–water partition coefficient (Wildman–Crippen LogP) is 6.94. The fourth-order valence-corrected chi connectivity index (χ4v) is 5.11. The molecule has 4 nitrogen and oxygen atoms in total. The molecule has 1 heterocycles. The molecule has 4 rings (SSSR count). The Balaban J connectivity index is 1.52. The van der Waals surface area contributed by atoms with Crippen LogP contribution in [0.5, 0.6) is 0 Å². The molecule has 0 aliphatic rings. The Morgan fingerprint density at radius 1 is 0.811 bits per heavy atom. The van der Waals surface area contributed by atoms with Crippen LogP contribution in [0.2, 0.25) is 0 Å². The Morgan fingerprint density at radius 2 is 1.49 bits per heavy atom. The second-order valence-electron chi connectivity index (χ2n) is 9.07. The zero-order valence-corrected chi connectivity index (χ0v) is 22.0. The summed E-state index contributed by atoms with van der Waals surface area (Å²) in [5.74, 6) is -0.614. The van der Waals surface area contributed by atoms with Gasteiger partial charge in [-0.05, 0) is 71.3 Å². The molecular formula is C31H31FN2O2S. The Bertz CT molecular complexity index is 1320. The van der Waals surface area contributed by atoms with Crippen molar-refractivity contribution in [3.05, 3.63) is 118 Å². The standard InChI is InChI=1S/C31H31FN2O2S/c1-3-18-33(31(36)27-13-11-26(12-14-27)25-7-5-4-6-8-25)22-30(35)34(21-29-23(2)17-19-37-29)20-24-9-15-28(32)16-10-24/h4-17,19H,3,18,20-22H2,1-2H3.